The highest BCUT2D eigenvalue weighted by molar-refractivity contribution is 5.79. The number of hydrogen-bond donors (Lipinski definition) is 2. The topological polar surface area (TPSA) is 112 Å². The Morgan fingerprint density at radius 3 is 2.90 bits per heavy atom. The van der Waals surface area contributed by atoms with E-state index in [9.17, 15) is 4.79 Å². The van der Waals surface area contributed by atoms with Crippen LogP contribution in [0.3, 0.4) is 0 Å². The third kappa shape index (κ3) is 2.00. The van der Waals surface area contributed by atoms with E-state index in [1.807, 2.05) is 0 Å². The molecular formula is C13H14N6O2. The molecule has 3 N–H and O–H groups in total. The molecule has 0 aliphatic carbocycles. The van der Waals surface area contributed by atoms with Crippen LogP contribution < -0.4 is 16.0 Å². The first-order chi connectivity index (χ1) is 10.0. The number of aromatic amines is 1. The van der Waals surface area contributed by atoms with Crippen LogP contribution in [0.1, 0.15) is 5.69 Å². The maximum absolute atomic E-state index is 12.2. The van der Waals surface area contributed by atoms with E-state index in [1.54, 1.807) is 20.0 Å². The first kappa shape index (κ1) is 13.1. The van der Waals surface area contributed by atoms with Gasteiger partial charge < -0.3 is 15.5 Å². The number of nitrogens with one attached hydrogen (secondary N) is 1. The van der Waals surface area contributed by atoms with E-state index < -0.39 is 0 Å². The molecule has 108 valence electrons. The molecule has 3 heterocycles. The summed E-state index contributed by atoms with van der Waals surface area (Å²) >= 11 is 0. The third-order valence-corrected chi connectivity index (χ3v) is 3.18. The quantitative estimate of drug-likeness (QED) is 0.714. The summed E-state index contributed by atoms with van der Waals surface area (Å²) in [6.45, 7) is 1.80. The van der Waals surface area contributed by atoms with Crippen LogP contribution in [0.2, 0.25) is 0 Å². The van der Waals surface area contributed by atoms with Crippen LogP contribution in [0, 0.1) is 6.92 Å². The fourth-order valence-electron chi connectivity index (χ4n) is 2.27. The summed E-state index contributed by atoms with van der Waals surface area (Å²) in [6.07, 6.45) is 1.48. The van der Waals surface area contributed by atoms with E-state index in [0.717, 1.165) is 0 Å². The van der Waals surface area contributed by atoms with Crippen molar-refractivity contribution in [1.82, 2.24) is 24.7 Å². The van der Waals surface area contributed by atoms with Crippen molar-refractivity contribution in [2.45, 2.75) is 6.92 Å². The molecule has 3 aromatic heterocycles. The standard InChI is InChI=1S/C13H14N6O2/c1-6-9-10(19(2)18-6)12(20)17-11(16-9)8-4-7(14)5-15-13(8)21-3/h4-5H,14H2,1-3H3,(H,16,17,20). The summed E-state index contributed by atoms with van der Waals surface area (Å²) in [4.78, 5) is 23.5. The lowest BCUT2D eigenvalue weighted by molar-refractivity contribution is 0.399. The average Bonchev–Trinajstić information content (AvgIpc) is 2.74. The highest BCUT2D eigenvalue weighted by Crippen LogP contribution is 2.27. The first-order valence-corrected chi connectivity index (χ1v) is 6.24. The number of ether oxygens (including phenoxy) is 1. The van der Waals surface area contributed by atoms with Crippen molar-refractivity contribution in [2.75, 3.05) is 12.8 Å². The average molecular weight is 286 g/mol. The van der Waals surface area contributed by atoms with Gasteiger partial charge in [-0.3, -0.25) is 9.48 Å². The Morgan fingerprint density at radius 1 is 1.43 bits per heavy atom. The molecule has 0 amide bonds. The van der Waals surface area contributed by atoms with Crippen LogP contribution in [-0.4, -0.2) is 31.8 Å². The molecule has 0 atom stereocenters. The summed E-state index contributed by atoms with van der Waals surface area (Å²) in [6, 6.07) is 1.65. The van der Waals surface area contributed by atoms with E-state index in [4.69, 9.17) is 10.5 Å². The molecule has 0 unspecified atom stereocenters. The number of pyridine rings is 1. The van der Waals surface area contributed by atoms with Gasteiger partial charge in [0.05, 0.1) is 30.3 Å². The van der Waals surface area contributed by atoms with Crippen molar-refractivity contribution < 1.29 is 4.74 Å². The maximum Gasteiger partial charge on any atom is 0.277 e. The van der Waals surface area contributed by atoms with E-state index in [2.05, 4.69) is 20.1 Å². The molecule has 0 saturated heterocycles. The van der Waals surface area contributed by atoms with Crippen LogP contribution in [0.4, 0.5) is 5.69 Å². The number of fused-ring (bicyclic) bond motifs is 1. The molecule has 0 spiro atoms. The van der Waals surface area contributed by atoms with E-state index in [0.29, 0.717) is 39.7 Å². The summed E-state index contributed by atoms with van der Waals surface area (Å²) in [5.41, 5.74) is 8.10. The van der Waals surface area contributed by atoms with Crippen molar-refractivity contribution >= 4 is 16.7 Å². The molecular weight excluding hydrogens is 272 g/mol. The van der Waals surface area contributed by atoms with Crippen LogP contribution in [0.15, 0.2) is 17.1 Å². The van der Waals surface area contributed by atoms with Gasteiger partial charge in [-0.05, 0) is 13.0 Å². The second-order valence-electron chi connectivity index (χ2n) is 4.65. The number of nitrogens with two attached hydrogens (primary N) is 1. The van der Waals surface area contributed by atoms with Crippen LogP contribution >= 0.6 is 0 Å². The minimum Gasteiger partial charge on any atom is -0.480 e. The van der Waals surface area contributed by atoms with Crippen LogP contribution in [0.5, 0.6) is 5.88 Å². The molecule has 3 rings (SSSR count). The summed E-state index contributed by atoms with van der Waals surface area (Å²) < 4.78 is 6.70. The molecule has 21 heavy (non-hydrogen) atoms. The van der Waals surface area contributed by atoms with E-state index >= 15 is 0 Å². The zero-order chi connectivity index (χ0) is 15.1. The molecule has 0 fully saturated rings. The largest absolute Gasteiger partial charge is 0.480 e. The minimum absolute atomic E-state index is 0.275. The van der Waals surface area contributed by atoms with Crippen molar-refractivity contribution in [2.24, 2.45) is 7.05 Å². The van der Waals surface area contributed by atoms with Crippen molar-refractivity contribution in [1.29, 1.82) is 0 Å². The molecule has 0 radical (unpaired) electrons. The number of hydrogen-bond acceptors (Lipinski definition) is 6. The SMILES string of the molecule is COc1ncc(N)cc1-c1nc2c(C)nn(C)c2c(=O)[nH]1. The molecule has 8 nitrogen and oxygen atoms in total. The Balaban J connectivity index is 2.34. The Hall–Kier alpha value is -2.90. The lowest BCUT2D eigenvalue weighted by atomic mass is 10.2. The molecule has 0 bridgehead atoms. The smallest absolute Gasteiger partial charge is 0.277 e. The summed E-state index contributed by atoms with van der Waals surface area (Å²) in [7, 11) is 3.20. The molecule has 0 aliphatic heterocycles. The summed E-state index contributed by atoms with van der Waals surface area (Å²) in [5.74, 6) is 0.688. The predicted octanol–water partition coefficient (Wildman–Crippen LogP) is 0.618. The molecule has 0 aliphatic rings. The molecule has 8 heteroatoms. The van der Waals surface area contributed by atoms with Gasteiger partial charge in [0.1, 0.15) is 11.3 Å². The van der Waals surface area contributed by atoms with E-state index in [-0.39, 0.29) is 5.56 Å². The number of nitrogens with zero attached hydrogens (tertiary/aromatic N) is 4. The highest BCUT2D eigenvalue weighted by atomic mass is 16.5. The zero-order valence-corrected chi connectivity index (χ0v) is 11.8. The van der Waals surface area contributed by atoms with Gasteiger partial charge in [-0.1, -0.05) is 0 Å². The van der Waals surface area contributed by atoms with Gasteiger partial charge in [-0.2, -0.15) is 5.10 Å². The van der Waals surface area contributed by atoms with Crippen molar-refractivity contribution in [3.63, 3.8) is 0 Å². The second-order valence-corrected chi connectivity index (χ2v) is 4.65. The summed E-state index contributed by atoms with van der Waals surface area (Å²) in [5, 5.41) is 4.21. The fraction of sp³-hybridized carbons (Fsp3) is 0.231. The zero-order valence-electron chi connectivity index (χ0n) is 11.8. The number of H-pyrrole nitrogens is 1. The van der Waals surface area contributed by atoms with Crippen LogP contribution in [0.25, 0.3) is 22.4 Å². The van der Waals surface area contributed by atoms with Gasteiger partial charge in [0, 0.05) is 7.05 Å². The minimum atomic E-state index is -0.275. The van der Waals surface area contributed by atoms with Gasteiger partial charge in [-0.25, -0.2) is 9.97 Å². The van der Waals surface area contributed by atoms with Gasteiger partial charge in [-0.15, -0.1) is 0 Å². The van der Waals surface area contributed by atoms with Gasteiger partial charge >= 0.3 is 0 Å². The second kappa shape index (κ2) is 4.58. The normalized spacial score (nSPS) is 11.0. The number of methoxy groups -OCH3 is 1. The Kier molecular flexibility index (Phi) is 2.86. The van der Waals surface area contributed by atoms with Gasteiger partial charge in [0.15, 0.2) is 5.52 Å². The fourth-order valence-corrected chi connectivity index (χ4v) is 2.27. The molecule has 3 aromatic rings. The maximum atomic E-state index is 12.2. The predicted molar refractivity (Wildman–Crippen MR) is 78.1 cm³/mol. The third-order valence-electron chi connectivity index (χ3n) is 3.18. The highest BCUT2D eigenvalue weighted by Gasteiger charge is 2.16. The van der Waals surface area contributed by atoms with E-state index in [1.165, 1.54) is 18.0 Å². The number of anilines is 1. The number of nitrogen functional groups attached to an aromatic ring is 1. The number of aromatic nitrogens is 5. The lowest BCUT2D eigenvalue weighted by Crippen LogP contribution is -2.13. The Bertz CT molecular complexity index is 896. The lowest BCUT2D eigenvalue weighted by Gasteiger charge is -2.07. The number of aryl methyl sites for hydroxylation is 2. The van der Waals surface area contributed by atoms with Crippen LogP contribution in [-0.2, 0) is 7.05 Å². The van der Waals surface area contributed by atoms with Crippen molar-refractivity contribution in [3.05, 3.63) is 28.3 Å². The number of rotatable bonds is 2. The Labute approximate surface area is 119 Å². The first-order valence-electron chi connectivity index (χ1n) is 6.24. The Morgan fingerprint density at radius 2 is 2.19 bits per heavy atom. The molecule has 0 aromatic carbocycles. The monoisotopic (exact) mass is 286 g/mol. The molecule has 0 saturated carbocycles. The van der Waals surface area contributed by atoms with Gasteiger partial charge in [0.25, 0.3) is 5.56 Å². The van der Waals surface area contributed by atoms with Gasteiger partial charge in [0.2, 0.25) is 5.88 Å². The van der Waals surface area contributed by atoms with Crippen molar-refractivity contribution in [3.8, 4) is 17.3 Å².